The van der Waals surface area contributed by atoms with Crippen LogP contribution in [-0.4, -0.2) is 43.9 Å². The Bertz CT molecular complexity index is 1090. The number of methoxy groups -OCH3 is 2. The molecule has 2 aliphatic heterocycles. The van der Waals surface area contributed by atoms with E-state index in [0.717, 1.165) is 23.8 Å². The van der Waals surface area contributed by atoms with E-state index in [1.165, 1.54) is 14.2 Å². The molecule has 3 unspecified atom stereocenters. The molecule has 0 saturated heterocycles. The molecule has 0 amide bonds. The van der Waals surface area contributed by atoms with Crippen LogP contribution in [0.3, 0.4) is 0 Å². The quantitative estimate of drug-likeness (QED) is 0.525. The van der Waals surface area contributed by atoms with E-state index in [1.807, 2.05) is 30.3 Å². The number of fused-ring (bicyclic) bond motifs is 2. The lowest BCUT2D eigenvalue weighted by molar-refractivity contribution is -0.139. The molecule has 6 nitrogen and oxygen atoms in total. The van der Waals surface area contributed by atoms with Crippen LogP contribution >= 0.6 is 0 Å². The van der Waals surface area contributed by atoms with E-state index >= 15 is 0 Å². The zero-order valence-electron chi connectivity index (χ0n) is 17.4. The zero-order valence-corrected chi connectivity index (χ0v) is 17.4. The third-order valence-electron chi connectivity index (χ3n) is 5.58. The first-order valence-electron chi connectivity index (χ1n) is 9.93. The molecule has 2 aromatic carbocycles. The molecule has 0 aromatic heterocycles. The van der Waals surface area contributed by atoms with Crippen molar-refractivity contribution in [2.45, 2.75) is 24.2 Å². The van der Waals surface area contributed by atoms with Gasteiger partial charge in [-0.05, 0) is 30.2 Å². The van der Waals surface area contributed by atoms with Gasteiger partial charge in [-0.1, -0.05) is 36.4 Å². The molecule has 0 spiro atoms. The third-order valence-corrected chi connectivity index (χ3v) is 5.58. The normalized spacial score (nSPS) is 22.1. The monoisotopic (exact) mass is 441 g/mol. The van der Waals surface area contributed by atoms with Gasteiger partial charge in [-0.3, -0.25) is 0 Å². The topological polar surface area (TPSA) is 73.9 Å². The number of benzene rings is 2. The Balaban J connectivity index is 1.83. The smallest absolute Gasteiger partial charge is 0.337 e. The number of halogens is 2. The Kier molecular flexibility index (Phi) is 5.80. The summed E-state index contributed by atoms with van der Waals surface area (Å²) in [6.45, 7) is 0. The van der Waals surface area contributed by atoms with Gasteiger partial charge in [0, 0.05) is 11.8 Å². The van der Waals surface area contributed by atoms with Crippen molar-refractivity contribution < 1.29 is 32.6 Å². The van der Waals surface area contributed by atoms with Crippen LogP contribution in [0.4, 0.5) is 14.5 Å². The maximum absolute atomic E-state index is 13.9. The molecule has 0 aliphatic carbocycles. The van der Waals surface area contributed by atoms with Gasteiger partial charge in [0.25, 0.3) is 0 Å². The number of esters is 2. The van der Waals surface area contributed by atoms with Crippen molar-refractivity contribution in [1.29, 1.82) is 0 Å². The van der Waals surface area contributed by atoms with Gasteiger partial charge < -0.3 is 19.5 Å². The number of nitrogens with one attached hydrogen (secondary N) is 1. The fourth-order valence-corrected chi connectivity index (χ4v) is 4.24. The molecule has 2 aromatic rings. The molecule has 4 rings (SSSR count). The zero-order chi connectivity index (χ0) is 22.9. The summed E-state index contributed by atoms with van der Waals surface area (Å²) in [5.74, 6) is -2.97. The minimum Gasteiger partial charge on any atom is -0.466 e. The fourth-order valence-electron chi connectivity index (χ4n) is 4.24. The van der Waals surface area contributed by atoms with E-state index in [1.54, 1.807) is 12.2 Å². The summed E-state index contributed by atoms with van der Waals surface area (Å²) in [4.78, 5) is 25.3. The molecule has 0 radical (unpaired) electrons. The summed E-state index contributed by atoms with van der Waals surface area (Å²) in [7, 11) is 2.41. The van der Waals surface area contributed by atoms with Gasteiger partial charge in [-0.25, -0.2) is 18.4 Å². The van der Waals surface area contributed by atoms with Crippen LogP contribution in [0.1, 0.15) is 5.56 Å². The van der Waals surface area contributed by atoms with Crippen molar-refractivity contribution in [1.82, 2.24) is 0 Å². The minimum atomic E-state index is -1.42. The highest BCUT2D eigenvalue weighted by Crippen LogP contribution is 2.47. The van der Waals surface area contributed by atoms with Gasteiger partial charge in [0.15, 0.2) is 0 Å². The molecule has 3 atom stereocenters. The Labute approximate surface area is 183 Å². The van der Waals surface area contributed by atoms with Crippen LogP contribution in [-0.2, 0) is 30.2 Å². The Morgan fingerprint density at radius 3 is 2.34 bits per heavy atom. The third kappa shape index (κ3) is 3.78. The van der Waals surface area contributed by atoms with Gasteiger partial charge in [0.2, 0.25) is 0 Å². The summed E-state index contributed by atoms with van der Waals surface area (Å²) in [5, 5.41) is 3.11. The SMILES string of the molecule is COC(=O)C1=C(C(=O)OC)C2(C(Cc3ccccc3)Nc3cc(F)cc(F)c3)C=CC1O2. The second-order valence-electron chi connectivity index (χ2n) is 7.51. The number of ether oxygens (including phenoxy) is 3. The van der Waals surface area contributed by atoms with E-state index in [-0.39, 0.29) is 16.8 Å². The highest BCUT2D eigenvalue weighted by molar-refractivity contribution is 6.05. The van der Waals surface area contributed by atoms with Crippen molar-refractivity contribution in [2.75, 3.05) is 19.5 Å². The first-order valence-corrected chi connectivity index (χ1v) is 9.93. The molecule has 2 heterocycles. The summed E-state index contributed by atoms with van der Waals surface area (Å²) < 4.78 is 43.7. The molecule has 2 aliphatic rings. The predicted octanol–water partition coefficient (Wildman–Crippen LogP) is 3.34. The number of anilines is 1. The molecule has 166 valence electrons. The largest absolute Gasteiger partial charge is 0.466 e. The van der Waals surface area contributed by atoms with E-state index in [4.69, 9.17) is 14.2 Å². The highest BCUT2D eigenvalue weighted by Gasteiger charge is 2.58. The van der Waals surface area contributed by atoms with Crippen molar-refractivity contribution in [3.8, 4) is 0 Å². The van der Waals surface area contributed by atoms with Crippen molar-refractivity contribution in [3.05, 3.63) is 89.0 Å². The summed E-state index contributed by atoms with van der Waals surface area (Å²) in [6, 6.07) is 11.7. The lowest BCUT2D eigenvalue weighted by Crippen LogP contribution is -2.49. The number of hydrogen-bond donors (Lipinski definition) is 1. The Hall–Kier alpha value is -3.52. The van der Waals surface area contributed by atoms with Crippen LogP contribution in [0.5, 0.6) is 0 Å². The molecule has 2 bridgehead atoms. The van der Waals surface area contributed by atoms with Crippen molar-refractivity contribution in [3.63, 3.8) is 0 Å². The first kappa shape index (κ1) is 21.7. The first-order chi connectivity index (χ1) is 15.4. The highest BCUT2D eigenvalue weighted by atomic mass is 19.1. The van der Waals surface area contributed by atoms with E-state index in [9.17, 15) is 18.4 Å². The Morgan fingerprint density at radius 2 is 1.72 bits per heavy atom. The maximum atomic E-state index is 13.9. The standard InChI is InChI=1S/C24H21F2NO5/c1-30-22(28)20-18-8-9-24(32-18,21(20)23(29)31-2)19(10-14-6-4-3-5-7-14)27-17-12-15(25)11-16(26)13-17/h3-9,11-13,18-19,27H,10H2,1-2H3. The number of carbonyl (C=O) groups excluding carboxylic acids is 2. The van der Waals surface area contributed by atoms with E-state index in [0.29, 0.717) is 6.42 Å². The molecule has 8 heteroatoms. The number of rotatable bonds is 7. The van der Waals surface area contributed by atoms with Crippen LogP contribution in [0.2, 0.25) is 0 Å². The van der Waals surface area contributed by atoms with Gasteiger partial charge in [-0.15, -0.1) is 0 Å². The molecule has 1 N–H and O–H groups in total. The van der Waals surface area contributed by atoms with Crippen LogP contribution in [0.15, 0.2) is 71.8 Å². The van der Waals surface area contributed by atoms with Crippen LogP contribution in [0, 0.1) is 11.6 Å². The van der Waals surface area contributed by atoms with Crippen LogP contribution < -0.4 is 5.32 Å². The number of carbonyl (C=O) groups is 2. The van der Waals surface area contributed by atoms with Gasteiger partial charge >= 0.3 is 11.9 Å². The Morgan fingerprint density at radius 1 is 1.06 bits per heavy atom. The van der Waals surface area contributed by atoms with Gasteiger partial charge in [0.05, 0.1) is 31.4 Å². The summed E-state index contributed by atoms with van der Waals surface area (Å²) in [5.41, 5.74) is -0.321. The minimum absolute atomic E-state index is 0.00431. The number of hydrogen-bond acceptors (Lipinski definition) is 6. The van der Waals surface area contributed by atoms with E-state index < -0.39 is 41.3 Å². The molecule has 0 fully saturated rings. The van der Waals surface area contributed by atoms with Gasteiger partial charge in [0.1, 0.15) is 23.3 Å². The second kappa shape index (κ2) is 8.55. The average molecular weight is 441 g/mol. The van der Waals surface area contributed by atoms with Gasteiger partial charge in [-0.2, -0.15) is 0 Å². The molecular weight excluding hydrogens is 420 g/mol. The summed E-state index contributed by atoms with van der Waals surface area (Å²) in [6.07, 6.45) is 2.84. The summed E-state index contributed by atoms with van der Waals surface area (Å²) >= 11 is 0. The molecule has 32 heavy (non-hydrogen) atoms. The lowest BCUT2D eigenvalue weighted by Gasteiger charge is -2.36. The maximum Gasteiger partial charge on any atom is 0.337 e. The second-order valence-corrected chi connectivity index (χ2v) is 7.51. The van der Waals surface area contributed by atoms with Crippen molar-refractivity contribution in [2.24, 2.45) is 0 Å². The lowest BCUT2D eigenvalue weighted by atomic mass is 9.79. The molecule has 0 saturated carbocycles. The van der Waals surface area contributed by atoms with Crippen molar-refractivity contribution >= 4 is 17.6 Å². The predicted molar refractivity (Wildman–Crippen MR) is 112 cm³/mol. The fraction of sp³-hybridized carbons (Fsp3) is 0.250. The van der Waals surface area contributed by atoms with E-state index in [2.05, 4.69) is 5.32 Å². The van der Waals surface area contributed by atoms with Crippen LogP contribution in [0.25, 0.3) is 0 Å². The molecular formula is C24H21F2NO5. The average Bonchev–Trinajstić information content (AvgIpc) is 3.36.